The summed E-state index contributed by atoms with van der Waals surface area (Å²) in [6, 6.07) is 11.1. The molecule has 26 heavy (non-hydrogen) atoms. The predicted octanol–water partition coefficient (Wildman–Crippen LogP) is 3.49. The molecule has 1 aromatic heterocycles. The van der Waals surface area contributed by atoms with Crippen molar-refractivity contribution in [2.75, 3.05) is 0 Å². The van der Waals surface area contributed by atoms with Crippen LogP contribution >= 0.6 is 11.6 Å². The third kappa shape index (κ3) is 3.22. The van der Waals surface area contributed by atoms with Crippen molar-refractivity contribution in [3.63, 3.8) is 0 Å². The molecule has 132 valence electrons. The summed E-state index contributed by atoms with van der Waals surface area (Å²) in [4.78, 5) is 26.9. The van der Waals surface area contributed by atoms with Crippen LogP contribution in [-0.4, -0.2) is 26.0 Å². The van der Waals surface area contributed by atoms with Gasteiger partial charge in [-0.3, -0.25) is 25.0 Å². The molecule has 0 atom stereocenters. The number of nitrogens with zero attached hydrogens (tertiary/aromatic N) is 3. The van der Waals surface area contributed by atoms with E-state index < -0.39 is 10.7 Å². The summed E-state index contributed by atoms with van der Waals surface area (Å²) in [5.41, 5.74) is 0.715. The molecule has 0 aliphatic heterocycles. The minimum atomic E-state index is -0.645. The van der Waals surface area contributed by atoms with E-state index in [-0.39, 0.29) is 27.5 Å². The fraction of sp³-hybridized carbons (Fsp3) is 0.0588. The smallest absolute Gasteiger partial charge is 0.280 e. The topological polar surface area (TPSA) is 114 Å². The van der Waals surface area contributed by atoms with Crippen LogP contribution in [-0.2, 0) is 0 Å². The van der Waals surface area contributed by atoms with E-state index in [2.05, 4.69) is 10.1 Å². The summed E-state index contributed by atoms with van der Waals surface area (Å²) < 4.78 is 1.36. The number of nitrogens with one attached hydrogen (secondary N) is 1. The Labute approximate surface area is 152 Å². The van der Waals surface area contributed by atoms with Crippen molar-refractivity contribution >= 4 is 29.2 Å². The first-order chi connectivity index (χ1) is 12.4. The molecule has 0 aliphatic rings. The van der Waals surface area contributed by atoms with Crippen molar-refractivity contribution in [2.24, 2.45) is 4.99 Å². The molecule has 0 fully saturated rings. The molecule has 2 aromatic carbocycles. The lowest BCUT2D eigenvalue weighted by atomic mass is 10.2. The zero-order chi connectivity index (χ0) is 18.8. The lowest BCUT2D eigenvalue weighted by Crippen LogP contribution is -2.17. The van der Waals surface area contributed by atoms with E-state index in [4.69, 9.17) is 11.6 Å². The first-order valence-electron chi connectivity index (χ1n) is 7.46. The van der Waals surface area contributed by atoms with Gasteiger partial charge in [-0.1, -0.05) is 29.8 Å². The van der Waals surface area contributed by atoms with Gasteiger partial charge in [0.1, 0.15) is 5.69 Å². The zero-order valence-electron chi connectivity index (χ0n) is 13.5. The van der Waals surface area contributed by atoms with Crippen LogP contribution < -0.4 is 5.56 Å². The van der Waals surface area contributed by atoms with E-state index >= 15 is 0 Å². The highest BCUT2D eigenvalue weighted by Gasteiger charge is 2.15. The highest BCUT2D eigenvalue weighted by Crippen LogP contribution is 2.37. The molecule has 0 bridgehead atoms. The van der Waals surface area contributed by atoms with E-state index in [1.54, 1.807) is 31.2 Å². The Morgan fingerprint density at radius 1 is 1.31 bits per heavy atom. The van der Waals surface area contributed by atoms with Crippen LogP contribution in [0.4, 0.5) is 11.4 Å². The lowest BCUT2D eigenvalue weighted by Gasteiger charge is -2.01. The summed E-state index contributed by atoms with van der Waals surface area (Å²) in [5, 5.41) is 23.6. The number of halogens is 1. The van der Waals surface area contributed by atoms with Gasteiger partial charge >= 0.3 is 0 Å². The van der Waals surface area contributed by atoms with Gasteiger partial charge in [0.15, 0.2) is 5.75 Å². The molecular weight excluding hydrogens is 360 g/mol. The molecule has 9 heteroatoms. The van der Waals surface area contributed by atoms with Crippen LogP contribution in [0.2, 0.25) is 5.02 Å². The normalized spacial score (nSPS) is 11.2. The summed E-state index contributed by atoms with van der Waals surface area (Å²) in [7, 11) is 0. The third-order valence-electron chi connectivity index (χ3n) is 3.70. The molecule has 0 saturated carbocycles. The van der Waals surface area contributed by atoms with Crippen molar-refractivity contribution in [1.82, 2.24) is 9.78 Å². The van der Waals surface area contributed by atoms with E-state index in [9.17, 15) is 20.0 Å². The van der Waals surface area contributed by atoms with Gasteiger partial charge in [0.25, 0.3) is 11.2 Å². The zero-order valence-corrected chi connectivity index (χ0v) is 14.3. The Balaban J connectivity index is 2.04. The Morgan fingerprint density at radius 2 is 2.00 bits per heavy atom. The number of nitro groups is 1. The van der Waals surface area contributed by atoms with Gasteiger partial charge in [-0.05, 0) is 19.1 Å². The maximum atomic E-state index is 12.6. The SMILES string of the molecule is Cc1[nH]n(-c2ccccc2)c(=O)c1C=Nc1cc([N+](=O)[O-])cc(Cl)c1O. The average molecular weight is 373 g/mol. The van der Waals surface area contributed by atoms with Crippen LogP contribution in [0.25, 0.3) is 5.69 Å². The van der Waals surface area contributed by atoms with Gasteiger partial charge in [0.2, 0.25) is 0 Å². The number of aromatic hydroxyl groups is 1. The molecule has 0 radical (unpaired) electrons. The molecule has 8 nitrogen and oxygen atoms in total. The van der Waals surface area contributed by atoms with Crippen LogP contribution in [0, 0.1) is 17.0 Å². The number of benzene rings is 2. The summed E-state index contributed by atoms with van der Waals surface area (Å²) in [6.07, 6.45) is 1.24. The lowest BCUT2D eigenvalue weighted by molar-refractivity contribution is -0.384. The number of rotatable bonds is 4. The third-order valence-corrected chi connectivity index (χ3v) is 3.99. The molecule has 1 heterocycles. The van der Waals surface area contributed by atoms with Crippen LogP contribution in [0.15, 0.2) is 52.3 Å². The van der Waals surface area contributed by atoms with Crippen molar-refractivity contribution in [1.29, 1.82) is 0 Å². The first kappa shape index (κ1) is 17.4. The van der Waals surface area contributed by atoms with Crippen LogP contribution in [0.5, 0.6) is 5.75 Å². The molecule has 0 amide bonds. The molecule has 3 rings (SSSR count). The van der Waals surface area contributed by atoms with Crippen molar-refractivity contribution in [3.8, 4) is 11.4 Å². The Bertz CT molecular complexity index is 1070. The molecule has 2 N–H and O–H groups in total. The maximum Gasteiger partial charge on any atom is 0.280 e. The number of hydrogen-bond donors (Lipinski definition) is 2. The molecule has 0 aliphatic carbocycles. The quantitative estimate of drug-likeness (QED) is 0.414. The van der Waals surface area contributed by atoms with E-state index in [0.717, 1.165) is 12.1 Å². The number of non-ortho nitro benzene ring substituents is 1. The van der Waals surface area contributed by atoms with Crippen molar-refractivity contribution < 1.29 is 10.0 Å². The standard InChI is InChI=1S/C17H13ClN4O4/c1-10-13(17(24)21(20-10)11-5-3-2-4-6-11)9-19-15-8-12(22(25)26)7-14(18)16(15)23/h2-9,20,23H,1H3. The number of hydrogen-bond acceptors (Lipinski definition) is 5. The van der Waals surface area contributed by atoms with Gasteiger partial charge < -0.3 is 5.11 Å². The average Bonchev–Trinajstić information content (AvgIpc) is 2.91. The number of para-hydroxylation sites is 1. The Kier molecular flexibility index (Phi) is 4.59. The number of nitro benzene ring substituents is 1. The maximum absolute atomic E-state index is 12.6. The second-order valence-electron chi connectivity index (χ2n) is 5.44. The number of aromatic nitrogens is 2. The predicted molar refractivity (Wildman–Crippen MR) is 98.2 cm³/mol. The Morgan fingerprint density at radius 3 is 2.65 bits per heavy atom. The van der Waals surface area contributed by atoms with E-state index in [1.165, 1.54) is 10.9 Å². The fourth-order valence-corrected chi connectivity index (χ4v) is 2.59. The van der Waals surface area contributed by atoms with Crippen molar-refractivity contribution in [2.45, 2.75) is 6.92 Å². The number of aryl methyl sites for hydroxylation is 1. The highest BCUT2D eigenvalue weighted by molar-refractivity contribution is 6.32. The minimum absolute atomic E-state index is 0.101. The number of H-pyrrole nitrogens is 1. The van der Waals surface area contributed by atoms with E-state index in [1.807, 2.05) is 6.07 Å². The number of phenols is 1. The van der Waals surface area contributed by atoms with Crippen LogP contribution in [0.3, 0.4) is 0 Å². The van der Waals surface area contributed by atoms with Gasteiger partial charge in [-0.2, -0.15) is 0 Å². The molecule has 3 aromatic rings. The molecule has 0 saturated heterocycles. The second-order valence-corrected chi connectivity index (χ2v) is 5.84. The summed E-state index contributed by atoms with van der Waals surface area (Å²) in [6.45, 7) is 1.70. The number of phenolic OH excluding ortho intramolecular Hbond substituents is 1. The molecular formula is C17H13ClN4O4. The van der Waals surface area contributed by atoms with Gasteiger partial charge in [0, 0.05) is 24.0 Å². The van der Waals surface area contributed by atoms with Crippen molar-refractivity contribution in [3.05, 3.63) is 79.2 Å². The first-order valence-corrected chi connectivity index (χ1v) is 7.84. The largest absolute Gasteiger partial charge is 0.504 e. The molecule has 0 spiro atoms. The molecule has 0 unspecified atom stereocenters. The second kappa shape index (κ2) is 6.85. The summed E-state index contributed by atoms with van der Waals surface area (Å²) in [5.74, 6) is -0.398. The fourth-order valence-electron chi connectivity index (χ4n) is 2.38. The highest BCUT2D eigenvalue weighted by atomic mass is 35.5. The summed E-state index contributed by atoms with van der Waals surface area (Å²) >= 11 is 5.79. The Hall–Kier alpha value is -3.39. The monoisotopic (exact) mass is 372 g/mol. The van der Waals surface area contributed by atoms with Gasteiger partial charge in [0.05, 0.1) is 21.2 Å². The van der Waals surface area contributed by atoms with Gasteiger partial charge in [-0.15, -0.1) is 0 Å². The minimum Gasteiger partial charge on any atom is -0.504 e. The van der Waals surface area contributed by atoms with E-state index in [0.29, 0.717) is 11.4 Å². The van der Waals surface area contributed by atoms with Gasteiger partial charge in [-0.25, -0.2) is 4.68 Å². The number of aliphatic imine (C=N–C) groups is 1. The van der Waals surface area contributed by atoms with Crippen LogP contribution in [0.1, 0.15) is 11.3 Å². The number of aromatic amines is 1.